The third-order valence-electron chi connectivity index (χ3n) is 2.85. The Hall–Kier alpha value is -0.930. The van der Waals surface area contributed by atoms with Gasteiger partial charge in [-0.05, 0) is 44.0 Å². The maximum absolute atomic E-state index is 6.23. The molecular formula is C14H22ClNO2. The number of rotatable bonds is 8. The number of hydrogen-bond donors (Lipinski definition) is 1. The minimum atomic E-state index is 0.680. The minimum Gasteiger partial charge on any atom is -0.493 e. The van der Waals surface area contributed by atoms with E-state index in [4.69, 9.17) is 21.1 Å². The van der Waals surface area contributed by atoms with E-state index in [1.165, 1.54) is 0 Å². The maximum atomic E-state index is 6.23. The molecule has 0 atom stereocenters. The Morgan fingerprint density at radius 1 is 1.11 bits per heavy atom. The SMILES string of the molecule is CCNCCCCc1cc(OC)c(OC)cc1Cl. The van der Waals surface area contributed by atoms with Crippen LogP contribution in [0.1, 0.15) is 25.3 Å². The molecule has 0 aromatic heterocycles. The van der Waals surface area contributed by atoms with Crippen LogP contribution >= 0.6 is 11.6 Å². The smallest absolute Gasteiger partial charge is 0.162 e. The Bertz CT molecular complexity index is 369. The Labute approximate surface area is 114 Å². The van der Waals surface area contributed by atoms with E-state index in [0.717, 1.165) is 48.7 Å². The molecule has 1 rings (SSSR count). The summed E-state index contributed by atoms with van der Waals surface area (Å²) in [7, 11) is 3.25. The van der Waals surface area contributed by atoms with Crippen molar-refractivity contribution in [1.82, 2.24) is 5.32 Å². The quantitative estimate of drug-likeness (QED) is 0.736. The number of halogens is 1. The molecule has 18 heavy (non-hydrogen) atoms. The zero-order valence-electron chi connectivity index (χ0n) is 11.4. The highest BCUT2D eigenvalue weighted by Gasteiger charge is 2.09. The van der Waals surface area contributed by atoms with Crippen LogP contribution in [0.4, 0.5) is 0 Å². The summed E-state index contributed by atoms with van der Waals surface area (Å²) in [6.07, 6.45) is 3.23. The van der Waals surface area contributed by atoms with Crippen molar-refractivity contribution in [3.05, 3.63) is 22.7 Å². The highest BCUT2D eigenvalue weighted by Crippen LogP contribution is 2.33. The van der Waals surface area contributed by atoms with Gasteiger partial charge < -0.3 is 14.8 Å². The van der Waals surface area contributed by atoms with Crippen molar-refractivity contribution in [2.45, 2.75) is 26.2 Å². The monoisotopic (exact) mass is 271 g/mol. The van der Waals surface area contributed by atoms with Crippen LogP contribution in [-0.4, -0.2) is 27.3 Å². The second-order valence-corrected chi connectivity index (χ2v) is 4.52. The molecule has 0 heterocycles. The first-order valence-electron chi connectivity index (χ1n) is 6.34. The van der Waals surface area contributed by atoms with Crippen LogP contribution in [-0.2, 0) is 6.42 Å². The van der Waals surface area contributed by atoms with Crippen LogP contribution in [0.3, 0.4) is 0 Å². The Kier molecular flexibility index (Phi) is 6.91. The molecule has 1 N–H and O–H groups in total. The summed E-state index contributed by atoms with van der Waals surface area (Å²) in [5, 5.41) is 4.06. The fourth-order valence-corrected chi connectivity index (χ4v) is 2.08. The summed E-state index contributed by atoms with van der Waals surface area (Å²) < 4.78 is 10.5. The van der Waals surface area contributed by atoms with Gasteiger partial charge in [-0.25, -0.2) is 0 Å². The number of methoxy groups -OCH3 is 2. The Morgan fingerprint density at radius 2 is 1.78 bits per heavy atom. The highest BCUT2D eigenvalue weighted by molar-refractivity contribution is 6.31. The third-order valence-corrected chi connectivity index (χ3v) is 3.20. The van der Waals surface area contributed by atoms with Gasteiger partial charge in [0.1, 0.15) is 0 Å². The van der Waals surface area contributed by atoms with E-state index in [1.807, 2.05) is 12.1 Å². The summed E-state index contributed by atoms with van der Waals surface area (Å²) in [6, 6.07) is 3.79. The molecule has 0 aliphatic heterocycles. The molecule has 0 amide bonds. The molecule has 3 nitrogen and oxygen atoms in total. The summed E-state index contributed by atoms with van der Waals surface area (Å²) in [4.78, 5) is 0. The number of aryl methyl sites for hydroxylation is 1. The summed E-state index contributed by atoms with van der Waals surface area (Å²) in [6.45, 7) is 4.20. The molecule has 0 fully saturated rings. The summed E-state index contributed by atoms with van der Waals surface area (Å²) in [5.74, 6) is 1.42. The van der Waals surface area contributed by atoms with E-state index in [-0.39, 0.29) is 0 Å². The van der Waals surface area contributed by atoms with E-state index < -0.39 is 0 Å². The van der Waals surface area contributed by atoms with E-state index in [1.54, 1.807) is 14.2 Å². The van der Waals surface area contributed by atoms with Crippen molar-refractivity contribution in [2.24, 2.45) is 0 Å². The fourth-order valence-electron chi connectivity index (χ4n) is 1.83. The molecule has 0 radical (unpaired) electrons. The fraction of sp³-hybridized carbons (Fsp3) is 0.571. The van der Waals surface area contributed by atoms with E-state index >= 15 is 0 Å². The topological polar surface area (TPSA) is 30.5 Å². The molecule has 0 saturated carbocycles. The van der Waals surface area contributed by atoms with Crippen molar-refractivity contribution in [2.75, 3.05) is 27.3 Å². The van der Waals surface area contributed by atoms with Crippen LogP contribution < -0.4 is 14.8 Å². The predicted molar refractivity (Wildman–Crippen MR) is 76.0 cm³/mol. The van der Waals surface area contributed by atoms with E-state index in [0.29, 0.717) is 5.75 Å². The number of ether oxygens (including phenoxy) is 2. The van der Waals surface area contributed by atoms with Crippen LogP contribution in [0, 0.1) is 0 Å². The van der Waals surface area contributed by atoms with Gasteiger partial charge in [0.15, 0.2) is 11.5 Å². The predicted octanol–water partition coefficient (Wildman–Crippen LogP) is 3.29. The largest absolute Gasteiger partial charge is 0.493 e. The molecule has 0 unspecified atom stereocenters. The van der Waals surface area contributed by atoms with Crippen LogP contribution in [0.15, 0.2) is 12.1 Å². The standard InChI is InChI=1S/C14H22ClNO2/c1-4-16-8-6-5-7-11-9-13(17-2)14(18-3)10-12(11)15/h9-10,16H,4-8H2,1-3H3. The van der Waals surface area contributed by atoms with Crippen molar-refractivity contribution in [3.8, 4) is 11.5 Å². The van der Waals surface area contributed by atoms with Gasteiger partial charge in [0.2, 0.25) is 0 Å². The van der Waals surface area contributed by atoms with Crippen molar-refractivity contribution in [1.29, 1.82) is 0 Å². The first-order chi connectivity index (χ1) is 8.72. The lowest BCUT2D eigenvalue weighted by molar-refractivity contribution is 0.354. The molecule has 0 bridgehead atoms. The van der Waals surface area contributed by atoms with Gasteiger partial charge in [0, 0.05) is 11.1 Å². The molecule has 1 aromatic carbocycles. The van der Waals surface area contributed by atoms with E-state index in [9.17, 15) is 0 Å². The zero-order valence-corrected chi connectivity index (χ0v) is 12.1. The van der Waals surface area contributed by atoms with Gasteiger partial charge in [0.25, 0.3) is 0 Å². The molecule has 4 heteroatoms. The first-order valence-corrected chi connectivity index (χ1v) is 6.71. The summed E-state index contributed by atoms with van der Waals surface area (Å²) >= 11 is 6.23. The first kappa shape index (κ1) is 15.1. The second-order valence-electron chi connectivity index (χ2n) is 4.11. The molecule has 0 aliphatic carbocycles. The van der Waals surface area contributed by atoms with Crippen molar-refractivity contribution >= 4 is 11.6 Å². The number of hydrogen-bond acceptors (Lipinski definition) is 3. The lowest BCUT2D eigenvalue weighted by atomic mass is 10.1. The van der Waals surface area contributed by atoms with Crippen molar-refractivity contribution in [3.63, 3.8) is 0 Å². The number of nitrogens with one attached hydrogen (secondary N) is 1. The van der Waals surface area contributed by atoms with Crippen molar-refractivity contribution < 1.29 is 9.47 Å². The van der Waals surface area contributed by atoms with Crippen LogP contribution in [0.5, 0.6) is 11.5 Å². The lowest BCUT2D eigenvalue weighted by Crippen LogP contribution is -2.13. The van der Waals surface area contributed by atoms with Gasteiger partial charge in [-0.3, -0.25) is 0 Å². The lowest BCUT2D eigenvalue weighted by Gasteiger charge is -2.11. The van der Waals surface area contributed by atoms with Gasteiger partial charge in [-0.15, -0.1) is 0 Å². The maximum Gasteiger partial charge on any atom is 0.162 e. The van der Waals surface area contributed by atoms with Gasteiger partial charge in [0.05, 0.1) is 14.2 Å². The average molecular weight is 272 g/mol. The van der Waals surface area contributed by atoms with Crippen LogP contribution in [0.2, 0.25) is 5.02 Å². The molecule has 0 saturated heterocycles. The van der Waals surface area contributed by atoms with Gasteiger partial charge >= 0.3 is 0 Å². The molecule has 0 aliphatic rings. The molecular weight excluding hydrogens is 250 g/mol. The third kappa shape index (κ3) is 4.39. The Morgan fingerprint density at radius 3 is 2.39 bits per heavy atom. The second kappa shape index (κ2) is 8.22. The van der Waals surface area contributed by atoms with Crippen LogP contribution in [0.25, 0.3) is 0 Å². The van der Waals surface area contributed by atoms with Gasteiger partial charge in [-0.2, -0.15) is 0 Å². The average Bonchev–Trinajstić information content (AvgIpc) is 2.39. The zero-order chi connectivity index (χ0) is 13.4. The minimum absolute atomic E-state index is 0.680. The molecule has 1 aromatic rings. The van der Waals surface area contributed by atoms with E-state index in [2.05, 4.69) is 12.2 Å². The van der Waals surface area contributed by atoms with Gasteiger partial charge in [-0.1, -0.05) is 18.5 Å². The normalized spacial score (nSPS) is 10.4. The highest BCUT2D eigenvalue weighted by atomic mass is 35.5. The molecule has 102 valence electrons. The number of benzene rings is 1. The Balaban J connectivity index is 2.59. The molecule has 0 spiro atoms. The number of unbranched alkanes of at least 4 members (excludes halogenated alkanes) is 1. The summed E-state index contributed by atoms with van der Waals surface area (Å²) in [5.41, 5.74) is 1.12.